The number of ether oxygens (including phenoxy) is 1. The Morgan fingerprint density at radius 2 is 0.833 bits per heavy atom. The third-order valence-electron chi connectivity index (χ3n) is 11.1. The number of amides is 1. The Hall–Kier alpha value is -2.81. The second-order valence-electron chi connectivity index (χ2n) is 17.5. The molecule has 3 N–H and O–H groups in total. The summed E-state index contributed by atoms with van der Waals surface area (Å²) < 4.78 is 26.9. The molecule has 0 rings (SSSR count). The van der Waals surface area contributed by atoms with Crippen LogP contribution in [0.5, 0.6) is 0 Å². The number of phosphoric ester groups is 1. The molecular weight excluding hydrogens is 846 g/mol. The molecule has 0 aliphatic carbocycles. The van der Waals surface area contributed by atoms with E-state index in [4.69, 9.17) is 13.8 Å². The molecule has 0 aromatic heterocycles. The summed E-state index contributed by atoms with van der Waals surface area (Å²) in [6.45, 7) is 3.35. The molecule has 0 heterocycles. The molecule has 380 valence electrons. The topological polar surface area (TPSA) is 131 Å². The van der Waals surface area contributed by atoms with Crippen LogP contribution in [-0.2, 0) is 27.9 Å². The highest BCUT2D eigenvalue weighted by atomic mass is 31.2. The molecule has 0 saturated carbocycles. The highest BCUT2D eigenvalue weighted by Crippen LogP contribution is 2.42. The van der Waals surface area contributed by atoms with Gasteiger partial charge in [-0.2, -0.15) is 0 Å². The van der Waals surface area contributed by atoms with Crippen molar-refractivity contribution in [2.45, 2.75) is 232 Å². The number of rotatable bonds is 49. The van der Waals surface area contributed by atoms with Crippen molar-refractivity contribution in [2.75, 3.05) is 26.4 Å². The molecule has 0 spiro atoms. The van der Waals surface area contributed by atoms with Gasteiger partial charge in [0.15, 0.2) is 0 Å². The number of phosphoric acid groups is 1. The zero-order valence-electron chi connectivity index (χ0n) is 42.1. The lowest BCUT2D eigenvalue weighted by molar-refractivity contribution is -0.146. The van der Waals surface area contributed by atoms with Crippen molar-refractivity contribution in [1.29, 1.82) is 0 Å². The summed E-state index contributed by atoms with van der Waals surface area (Å²) in [5.74, 6) is -0.648. The number of carbonyl (C=O) groups excluding carboxylic acids is 2. The predicted octanol–water partition coefficient (Wildman–Crippen LogP) is 15.9. The smallest absolute Gasteiger partial charge is 0.463 e. The van der Waals surface area contributed by atoms with Crippen molar-refractivity contribution in [3.05, 3.63) is 85.1 Å². The van der Waals surface area contributed by atoms with Gasteiger partial charge in [-0.05, 0) is 51.4 Å². The molecule has 9 nitrogen and oxygen atoms in total. The van der Waals surface area contributed by atoms with Crippen molar-refractivity contribution in [2.24, 2.45) is 0 Å². The number of hydrogen-bond acceptors (Lipinski definition) is 7. The lowest BCUT2D eigenvalue weighted by atomic mass is 10.0. The van der Waals surface area contributed by atoms with Gasteiger partial charge in [0.05, 0.1) is 19.6 Å². The van der Waals surface area contributed by atoms with Crippen molar-refractivity contribution in [3.8, 4) is 0 Å². The minimum atomic E-state index is -4.45. The molecule has 2 unspecified atom stereocenters. The van der Waals surface area contributed by atoms with Crippen molar-refractivity contribution >= 4 is 19.7 Å². The molecular formula is C56H98NO8P. The summed E-state index contributed by atoms with van der Waals surface area (Å²) in [5.41, 5.74) is 0. The van der Waals surface area contributed by atoms with Gasteiger partial charge in [-0.25, -0.2) is 4.57 Å². The third-order valence-corrected chi connectivity index (χ3v) is 12.1. The number of aliphatic hydroxyl groups is 1. The lowest BCUT2D eigenvalue weighted by Gasteiger charge is -2.15. The number of hydrogen-bond donors (Lipinski definition) is 3. The standard InChI is InChI=1S/C56H98NO8P/c1-3-5-7-9-11-13-15-17-19-21-23-25-26-27-29-30-32-34-36-38-40-42-44-46-48-55(59)57-50-51-64-66(61,62)65-53-54(58)52-63-56(60)49-47-45-43-41-39-37-35-33-31-28-24-22-20-18-16-14-12-10-8-6-4-2/h6,8,12,14,18,20,24,28,33,35,39,41,45,47,54,58H,3-5,7,9-11,13,15-17,19,21-23,25-27,29-32,34,36-38,40,42-44,46,48-53H2,1-2H3,(H,57,59)(H,61,62)/b8-6-,14-12-,20-18-,28-24-,35-33-,41-39-,47-45-. The van der Waals surface area contributed by atoms with E-state index in [1.807, 2.05) is 12.2 Å². The Kier molecular flexibility index (Phi) is 49.4. The summed E-state index contributed by atoms with van der Waals surface area (Å²) in [6.07, 6.45) is 67.1. The van der Waals surface area contributed by atoms with Crippen molar-refractivity contribution < 1.29 is 37.9 Å². The lowest BCUT2D eigenvalue weighted by Crippen LogP contribution is -2.27. The Labute approximate surface area is 404 Å². The van der Waals surface area contributed by atoms with Crippen LogP contribution >= 0.6 is 7.82 Å². The summed E-state index contributed by atoms with van der Waals surface area (Å²) in [4.78, 5) is 34.0. The van der Waals surface area contributed by atoms with E-state index in [-0.39, 0.29) is 32.1 Å². The van der Waals surface area contributed by atoms with Gasteiger partial charge in [0, 0.05) is 13.0 Å². The second kappa shape index (κ2) is 51.6. The molecule has 0 bridgehead atoms. The number of aliphatic hydroxyl groups excluding tert-OH is 1. The number of carbonyl (C=O) groups is 2. The molecule has 1 amide bonds. The minimum absolute atomic E-state index is 0.0448. The van der Waals surface area contributed by atoms with E-state index >= 15 is 0 Å². The molecule has 2 atom stereocenters. The zero-order chi connectivity index (χ0) is 48.1. The van der Waals surface area contributed by atoms with E-state index in [0.29, 0.717) is 12.8 Å². The van der Waals surface area contributed by atoms with E-state index < -0.39 is 26.5 Å². The molecule has 10 heteroatoms. The first-order valence-electron chi connectivity index (χ1n) is 26.6. The average molecular weight is 944 g/mol. The Bertz CT molecular complexity index is 1350. The number of unbranched alkanes of at least 4 members (excludes halogenated alkanes) is 23. The Morgan fingerprint density at radius 1 is 0.485 bits per heavy atom. The first-order chi connectivity index (χ1) is 32.3. The van der Waals surface area contributed by atoms with E-state index in [1.165, 1.54) is 135 Å². The summed E-state index contributed by atoms with van der Waals surface area (Å²) in [6, 6.07) is 0. The molecule has 0 aromatic rings. The first kappa shape index (κ1) is 63.2. The van der Waals surface area contributed by atoms with Crippen LogP contribution in [0.2, 0.25) is 0 Å². The fourth-order valence-corrected chi connectivity index (χ4v) is 7.93. The summed E-state index contributed by atoms with van der Waals surface area (Å²) >= 11 is 0. The van der Waals surface area contributed by atoms with Gasteiger partial charge >= 0.3 is 13.8 Å². The fourth-order valence-electron chi connectivity index (χ4n) is 7.17. The molecule has 0 fully saturated rings. The Balaban J connectivity index is 3.64. The molecule has 0 aromatic carbocycles. The molecule has 0 saturated heterocycles. The van der Waals surface area contributed by atoms with Gasteiger partial charge < -0.3 is 20.1 Å². The predicted molar refractivity (Wildman–Crippen MR) is 279 cm³/mol. The van der Waals surface area contributed by atoms with E-state index in [0.717, 1.165) is 57.8 Å². The minimum Gasteiger partial charge on any atom is -0.463 e. The molecule has 0 radical (unpaired) electrons. The van der Waals surface area contributed by atoms with E-state index in [1.54, 1.807) is 6.08 Å². The largest absolute Gasteiger partial charge is 0.472 e. The zero-order valence-corrected chi connectivity index (χ0v) is 43.0. The van der Waals surface area contributed by atoms with Crippen LogP contribution in [0.4, 0.5) is 0 Å². The van der Waals surface area contributed by atoms with Crippen molar-refractivity contribution in [1.82, 2.24) is 5.32 Å². The summed E-state index contributed by atoms with van der Waals surface area (Å²) in [7, 11) is -4.45. The molecule has 66 heavy (non-hydrogen) atoms. The van der Waals surface area contributed by atoms with E-state index in [9.17, 15) is 24.2 Å². The van der Waals surface area contributed by atoms with Crippen LogP contribution in [0.1, 0.15) is 226 Å². The highest BCUT2D eigenvalue weighted by molar-refractivity contribution is 7.47. The van der Waals surface area contributed by atoms with Crippen LogP contribution in [0, 0.1) is 0 Å². The summed E-state index contributed by atoms with van der Waals surface area (Å²) in [5, 5.41) is 12.7. The molecule has 0 aliphatic heterocycles. The highest BCUT2D eigenvalue weighted by Gasteiger charge is 2.23. The molecule has 0 aliphatic rings. The van der Waals surface area contributed by atoms with Gasteiger partial charge in [0.2, 0.25) is 5.91 Å². The maximum absolute atomic E-state index is 12.2. The van der Waals surface area contributed by atoms with Crippen LogP contribution in [0.3, 0.4) is 0 Å². The van der Waals surface area contributed by atoms with Gasteiger partial charge in [0.1, 0.15) is 12.7 Å². The maximum atomic E-state index is 12.2. The second-order valence-corrected chi connectivity index (χ2v) is 18.9. The van der Waals surface area contributed by atoms with Crippen LogP contribution in [0.25, 0.3) is 0 Å². The monoisotopic (exact) mass is 944 g/mol. The first-order valence-corrected chi connectivity index (χ1v) is 28.1. The Morgan fingerprint density at radius 3 is 1.21 bits per heavy atom. The van der Waals surface area contributed by atoms with Gasteiger partial charge in [-0.1, -0.05) is 247 Å². The maximum Gasteiger partial charge on any atom is 0.472 e. The third kappa shape index (κ3) is 52.2. The van der Waals surface area contributed by atoms with Gasteiger partial charge in [0.25, 0.3) is 0 Å². The van der Waals surface area contributed by atoms with Crippen molar-refractivity contribution in [3.63, 3.8) is 0 Å². The number of allylic oxidation sites excluding steroid dienone is 13. The van der Waals surface area contributed by atoms with Crippen LogP contribution in [0.15, 0.2) is 85.1 Å². The number of nitrogens with one attached hydrogen (secondary N) is 1. The SMILES string of the molecule is CC/C=C\C/C=C\C/C=C\C/C=C\C/C=C\C/C=C\C/C=C\CC(=O)OCC(O)COP(=O)(O)OCCNC(=O)CCCCCCCCCCCCCCCCCCCCCCCCCC. The normalized spacial score (nSPS) is 13.8. The quantitative estimate of drug-likeness (QED) is 0.0238. The fraction of sp³-hybridized carbons (Fsp3) is 0.714. The van der Waals surface area contributed by atoms with Gasteiger partial charge in [-0.3, -0.25) is 18.6 Å². The number of esters is 1. The van der Waals surface area contributed by atoms with Crippen LogP contribution in [-0.4, -0.2) is 54.3 Å². The average Bonchev–Trinajstić information content (AvgIpc) is 3.31. The van der Waals surface area contributed by atoms with Gasteiger partial charge in [-0.15, -0.1) is 0 Å². The van der Waals surface area contributed by atoms with Crippen LogP contribution < -0.4 is 5.32 Å². The van der Waals surface area contributed by atoms with E-state index in [2.05, 4.69) is 86.0 Å².